The van der Waals surface area contributed by atoms with Gasteiger partial charge in [0.2, 0.25) is 5.91 Å². The van der Waals surface area contributed by atoms with Gasteiger partial charge in [0, 0.05) is 49.5 Å². The number of benzene rings is 1. The number of nitrogens with zero attached hydrogens (tertiary/aromatic N) is 4. The third-order valence-electron chi connectivity index (χ3n) is 5.72. The van der Waals surface area contributed by atoms with E-state index in [1.165, 1.54) is 0 Å². The molecule has 31 heavy (non-hydrogen) atoms. The van der Waals surface area contributed by atoms with Crippen molar-refractivity contribution < 1.29 is 4.79 Å². The van der Waals surface area contributed by atoms with Crippen molar-refractivity contribution >= 4 is 28.4 Å². The van der Waals surface area contributed by atoms with Crippen molar-refractivity contribution in [3.63, 3.8) is 0 Å². The fraction of sp³-hybridized carbons (Fsp3) is 0.455. The Bertz CT molecular complexity index is 1140. The number of carbonyl (C=O) groups excluding carboxylic acids is 1. The number of hydrogen-bond donors (Lipinski definition) is 3. The number of H-pyrrole nitrogens is 2. The van der Waals surface area contributed by atoms with E-state index in [0.717, 1.165) is 43.5 Å². The van der Waals surface area contributed by atoms with Crippen LogP contribution in [0.5, 0.6) is 0 Å². The van der Waals surface area contributed by atoms with Gasteiger partial charge in [0.05, 0.1) is 17.1 Å². The molecule has 164 valence electrons. The predicted octanol–water partition coefficient (Wildman–Crippen LogP) is 2.23. The summed E-state index contributed by atoms with van der Waals surface area (Å²) in [5.41, 5.74) is 2.77. The summed E-state index contributed by atoms with van der Waals surface area (Å²) in [6, 6.07) is 7.10. The largest absolute Gasteiger partial charge is 0.354 e. The lowest BCUT2D eigenvalue weighted by atomic mass is 10.2. The molecule has 1 fully saturated rings. The molecule has 3 heterocycles. The van der Waals surface area contributed by atoms with E-state index < -0.39 is 0 Å². The molecule has 0 bridgehead atoms. The first kappa shape index (κ1) is 21.0. The van der Waals surface area contributed by atoms with Crippen LogP contribution in [-0.4, -0.2) is 63.0 Å². The van der Waals surface area contributed by atoms with Crippen LogP contribution >= 0.6 is 0 Å². The lowest BCUT2D eigenvalue weighted by molar-refractivity contribution is -0.120. The zero-order valence-corrected chi connectivity index (χ0v) is 18.4. The minimum Gasteiger partial charge on any atom is -0.354 e. The summed E-state index contributed by atoms with van der Waals surface area (Å²) in [4.78, 5) is 43.3. The second-order valence-electron chi connectivity index (χ2n) is 8.41. The molecular formula is C22H29N7O2. The number of aromatic nitrogens is 4. The SMILES string of the molecule is Cc1cc(N2CCN(C(C)C(=O)Nc3ccc4[nH]c(=O)[nH]c4c3)CC2)nc(C(C)C)n1. The number of rotatable bonds is 5. The fourth-order valence-corrected chi connectivity index (χ4v) is 3.86. The van der Waals surface area contributed by atoms with Crippen LogP contribution in [0.4, 0.5) is 11.5 Å². The number of aromatic amines is 2. The summed E-state index contributed by atoms with van der Waals surface area (Å²) in [5.74, 6) is 2.05. The van der Waals surface area contributed by atoms with E-state index in [2.05, 4.69) is 43.9 Å². The zero-order valence-electron chi connectivity index (χ0n) is 18.4. The summed E-state index contributed by atoms with van der Waals surface area (Å²) in [5, 5.41) is 2.96. The summed E-state index contributed by atoms with van der Waals surface area (Å²) in [6.07, 6.45) is 0. The first-order valence-electron chi connectivity index (χ1n) is 10.7. The topological polar surface area (TPSA) is 110 Å². The third-order valence-corrected chi connectivity index (χ3v) is 5.72. The molecule has 1 amide bonds. The van der Waals surface area contributed by atoms with E-state index in [9.17, 15) is 9.59 Å². The first-order chi connectivity index (χ1) is 14.8. The summed E-state index contributed by atoms with van der Waals surface area (Å²) in [7, 11) is 0. The van der Waals surface area contributed by atoms with Crippen molar-refractivity contribution in [3.8, 4) is 0 Å². The highest BCUT2D eigenvalue weighted by Crippen LogP contribution is 2.20. The maximum atomic E-state index is 12.8. The minimum absolute atomic E-state index is 0.0642. The number of aryl methyl sites for hydroxylation is 1. The number of piperazine rings is 1. The minimum atomic E-state index is -0.263. The number of hydrogen-bond acceptors (Lipinski definition) is 6. The number of imidazole rings is 1. The van der Waals surface area contributed by atoms with Crippen molar-refractivity contribution in [3.05, 3.63) is 46.3 Å². The highest BCUT2D eigenvalue weighted by atomic mass is 16.2. The molecule has 1 aliphatic rings. The Morgan fingerprint density at radius 1 is 1.03 bits per heavy atom. The molecule has 3 N–H and O–H groups in total. The number of nitrogens with one attached hydrogen (secondary N) is 3. The molecule has 1 aromatic carbocycles. The Kier molecular flexibility index (Phi) is 5.77. The van der Waals surface area contributed by atoms with Gasteiger partial charge in [0.15, 0.2) is 0 Å². The molecule has 0 aliphatic carbocycles. The van der Waals surface area contributed by atoms with E-state index in [1.54, 1.807) is 18.2 Å². The van der Waals surface area contributed by atoms with Crippen LogP contribution in [-0.2, 0) is 4.79 Å². The summed E-state index contributed by atoms with van der Waals surface area (Å²) < 4.78 is 0. The van der Waals surface area contributed by atoms with Gasteiger partial charge in [-0.1, -0.05) is 13.8 Å². The Balaban J connectivity index is 1.37. The second kappa shape index (κ2) is 8.50. The van der Waals surface area contributed by atoms with Gasteiger partial charge in [0.25, 0.3) is 0 Å². The normalized spacial score (nSPS) is 16.1. The maximum Gasteiger partial charge on any atom is 0.323 e. The number of amides is 1. The van der Waals surface area contributed by atoms with Crippen LogP contribution in [0, 0.1) is 6.92 Å². The van der Waals surface area contributed by atoms with Gasteiger partial charge in [-0.2, -0.15) is 0 Å². The third kappa shape index (κ3) is 4.61. The van der Waals surface area contributed by atoms with Crippen LogP contribution in [0.1, 0.15) is 38.2 Å². The molecule has 2 aromatic heterocycles. The molecule has 0 spiro atoms. The maximum absolute atomic E-state index is 12.8. The zero-order chi connectivity index (χ0) is 22.1. The molecular weight excluding hydrogens is 394 g/mol. The molecule has 9 nitrogen and oxygen atoms in total. The second-order valence-corrected chi connectivity index (χ2v) is 8.41. The van der Waals surface area contributed by atoms with Gasteiger partial charge in [0.1, 0.15) is 11.6 Å². The average Bonchev–Trinajstić information content (AvgIpc) is 3.12. The van der Waals surface area contributed by atoms with Crippen molar-refractivity contribution in [2.45, 2.75) is 39.7 Å². The van der Waals surface area contributed by atoms with Gasteiger partial charge in [-0.05, 0) is 32.0 Å². The monoisotopic (exact) mass is 423 g/mol. The molecule has 4 rings (SSSR count). The van der Waals surface area contributed by atoms with Crippen molar-refractivity contribution in [2.24, 2.45) is 0 Å². The highest BCUT2D eigenvalue weighted by Gasteiger charge is 2.26. The van der Waals surface area contributed by atoms with Crippen LogP contribution in [0.3, 0.4) is 0 Å². The lowest BCUT2D eigenvalue weighted by Crippen LogP contribution is -2.53. The molecule has 3 aromatic rings. The Morgan fingerprint density at radius 2 is 1.74 bits per heavy atom. The molecule has 1 saturated heterocycles. The van der Waals surface area contributed by atoms with E-state index in [4.69, 9.17) is 4.98 Å². The quantitative estimate of drug-likeness (QED) is 0.581. The van der Waals surface area contributed by atoms with Crippen molar-refractivity contribution in [2.75, 3.05) is 36.4 Å². The molecule has 1 unspecified atom stereocenters. The number of anilines is 2. The van der Waals surface area contributed by atoms with Gasteiger partial charge in [-0.15, -0.1) is 0 Å². The van der Waals surface area contributed by atoms with E-state index in [1.807, 2.05) is 19.9 Å². The fourth-order valence-electron chi connectivity index (χ4n) is 3.86. The number of fused-ring (bicyclic) bond motifs is 1. The standard InChI is InChI=1S/C22H29N7O2/c1-13(2)20-23-14(3)11-19(27-20)29-9-7-28(8-10-29)15(4)21(30)24-16-5-6-17-18(12-16)26-22(31)25-17/h5-6,11-13,15H,7-10H2,1-4H3,(H,24,30)(H2,25,26,31). The molecule has 1 atom stereocenters. The van der Waals surface area contributed by atoms with Crippen molar-refractivity contribution in [1.82, 2.24) is 24.8 Å². The van der Waals surface area contributed by atoms with E-state index in [0.29, 0.717) is 16.7 Å². The predicted molar refractivity (Wildman–Crippen MR) is 122 cm³/mol. The number of carbonyl (C=O) groups is 1. The molecule has 0 saturated carbocycles. The lowest BCUT2D eigenvalue weighted by Gasteiger charge is -2.38. The van der Waals surface area contributed by atoms with Gasteiger partial charge in [-0.25, -0.2) is 14.8 Å². The van der Waals surface area contributed by atoms with Crippen LogP contribution in [0.2, 0.25) is 0 Å². The Hall–Kier alpha value is -3.20. The Morgan fingerprint density at radius 3 is 2.45 bits per heavy atom. The van der Waals surface area contributed by atoms with Gasteiger partial charge < -0.3 is 20.2 Å². The van der Waals surface area contributed by atoms with E-state index >= 15 is 0 Å². The van der Waals surface area contributed by atoms with Crippen molar-refractivity contribution in [1.29, 1.82) is 0 Å². The van der Waals surface area contributed by atoms with Crippen LogP contribution < -0.4 is 15.9 Å². The van der Waals surface area contributed by atoms with Crippen LogP contribution in [0.25, 0.3) is 11.0 Å². The molecule has 0 radical (unpaired) electrons. The summed E-state index contributed by atoms with van der Waals surface area (Å²) in [6.45, 7) is 11.3. The highest BCUT2D eigenvalue weighted by molar-refractivity contribution is 5.96. The van der Waals surface area contributed by atoms with Crippen LogP contribution in [0.15, 0.2) is 29.1 Å². The average molecular weight is 424 g/mol. The summed E-state index contributed by atoms with van der Waals surface area (Å²) >= 11 is 0. The Labute approximate surface area is 180 Å². The van der Waals surface area contributed by atoms with E-state index in [-0.39, 0.29) is 23.6 Å². The first-order valence-corrected chi connectivity index (χ1v) is 10.7. The molecule has 9 heteroatoms. The van der Waals surface area contributed by atoms with Gasteiger partial charge >= 0.3 is 5.69 Å². The molecule has 1 aliphatic heterocycles. The van der Waals surface area contributed by atoms with Gasteiger partial charge in [-0.3, -0.25) is 9.69 Å². The smallest absolute Gasteiger partial charge is 0.323 e.